The van der Waals surface area contributed by atoms with Crippen molar-refractivity contribution in [2.75, 3.05) is 73.4 Å². The van der Waals surface area contributed by atoms with Crippen LogP contribution in [0.5, 0.6) is 17.5 Å². The number of anilines is 4. The topological polar surface area (TPSA) is 169 Å². The second-order valence-electron chi connectivity index (χ2n) is 12.0. The van der Waals surface area contributed by atoms with E-state index < -0.39 is 16.1 Å². The third-order valence-corrected chi connectivity index (χ3v) is 7.99. The third kappa shape index (κ3) is 8.96. The number of morpholine rings is 1. The Bertz CT molecular complexity index is 1840. The highest BCUT2D eigenvalue weighted by Crippen LogP contribution is 2.39. The van der Waals surface area contributed by atoms with E-state index in [1.165, 1.54) is 13.4 Å². The van der Waals surface area contributed by atoms with E-state index >= 15 is 0 Å². The molecule has 0 saturated carbocycles. The van der Waals surface area contributed by atoms with Crippen molar-refractivity contribution in [1.29, 1.82) is 0 Å². The highest BCUT2D eigenvalue weighted by atomic mass is 32.2. The van der Waals surface area contributed by atoms with E-state index in [1.807, 2.05) is 45.0 Å². The molecule has 0 spiro atoms. The van der Waals surface area contributed by atoms with Crippen molar-refractivity contribution in [3.8, 4) is 17.5 Å². The maximum atomic E-state index is 13.4. The molecular weight excluding hydrogens is 624 g/mol. The minimum Gasteiger partial charge on any atom is -0.492 e. The van der Waals surface area contributed by atoms with Gasteiger partial charge < -0.3 is 30.2 Å². The van der Waals surface area contributed by atoms with Crippen molar-refractivity contribution >= 4 is 49.8 Å². The summed E-state index contributed by atoms with van der Waals surface area (Å²) in [7, 11) is -2.21. The Labute approximate surface area is 274 Å². The highest BCUT2D eigenvalue weighted by molar-refractivity contribution is 7.92. The molecule has 14 nitrogen and oxygen atoms in total. The molecule has 15 heteroatoms. The summed E-state index contributed by atoms with van der Waals surface area (Å²) in [6.07, 6.45) is 2.45. The number of benzene rings is 3. The fourth-order valence-corrected chi connectivity index (χ4v) is 5.61. The van der Waals surface area contributed by atoms with Crippen molar-refractivity contribution in [3.05, 3.63) is 60.4 Å². The van der Waals surface area contributed by atoms with Crippen molar-refractivity contribution in [2.45, 2.75) is 26.2 Å². The lowest BCUT2D eigenvalue weighted by Crippen LogP contribution is -2.39. The molecule has 2 amide bonds. The Balaban J connectivity index is 1.33. The number of carbonyl (C=O) groups excluding carboxylic acids is 1. The Hall–Kier alpha value is -4.73. The van der Waals surface area contributed by atoms with E-state index in [1.54, 1.807) is 24.3 Å². The fraction of sp³-hybridized carbons (Fsp3) is 0.375. The van der Waals surface area contributed by atoms with E-state index in [9.17, 15) is 13.2 Å². The largest absolute Gasteiger partial charge is 0.492 e. The zero-order valence-electron chi connectivity index (χ0n) is 27.1. The smallest absolute Gasteiger partial charge is 0.326 e. The average molecular weight is 665 g/mol. The maximum Gasteiger partial charge on any atom is 0.326 e. The van der Waals surface area contributed by atoms with Crippen LogP contribution in [0.1, 0.15) is 26.3 Å². The number of sulfonamides is 1. The van der Waals surface area contributed by atoms with Crippen LogP contribution >= 0.6 is 0 Å². The van der Waals surface area contributed by atoms with Gasteiger partial charge in [-0.25, -0.2) is 18.2 Å². The Morgan fingerprint density at radius 1 is 0.979 bits per heavy atom. The number of fused-ring (bicyclic) bond motifs is 1. The van der Waals surface area contributed by atoms with Gasteiger partial charge >= 0.3 is 12.0 Å². The molecule has 1 fully saturated rings. The number of aromatic nitrogens is 3. The van der Waals surface area contributed by atoms with Gasteiger partial charge in [-0.1, -0.05) is 45.0 Å². The quantitative estimate of drug-likeness (QED) is 0.172. The first-order valence-electron chi connectivity index (χ1n) is 15.1. The van der Waals surface area contributed by atoms with Gasteiger partial charge in [-0.15, -0.1) is 0 Å². The van der Waals surface area contributed by atoms with Gasteiger partial charge in [-0.2, -0.15) is 9.97 Å². The summed E-state index contributed by atoms with van der Waals surface area (Å²) in [4.78, 5) is 28.5. The predicted octanol–water partition coefficient (Wildman–Crippen LogP) is 4.88. The number of ether oxygens (including phenoxy) is 3. The number of nitrogens with zero attached hydrogens (tertiary/aromatic N) is 4. The molecule has 0 radical (unpaired) electrons. The second-order valence-corrected chi connectivity index (χ2v) is 13.8. The van der Waals surface area contributed by atoms with Crippen LogP contribution in [0.4, 0.5) is 27.8 Å². The van der Waals surface area contributed by atoms with Crippen LogP contribution in [-0.2, 0) is 20.2 Å². The maximum absolute atomic E-state index is 13.4. The van der Waals surface area contributed by atoms with Crippen molar-refractivity contribution in [3.63, 3.8) is 0 Å². The zero-order valence-corrected chi connectivity index (χ0v) is 27.9. The van der Waals surface area contributed by atoms with Crippen molar-refractivity contribution in [1.82, 2.24) is 19.9 Å². The van der Waals surface area contributed by atoms with E-state index in [-0.39, 0.29) is 22.9 Å². The number of carbonyl (C=O) groups is 1. The lowest BCUT2D eigenvalue weighted by molar-refractivity contribution is 0.0398. The van der Waals surface area contributed by atoms with Crippen LogP contribution in [0.3, 0.4) is 0 Å². The summed E-state index contributed by atoms with van der Waals surface area (Å²) in [5.74, 6) is 1.08. The molecule has 1 aromatic heterocycles. The third-order valence-electron chi connectivity index (χ3n) is 7.40. The summed E-state index contributed by atoms with van der Waals surface area (Å²) in [5, 5.41) is 10.4. The number of hydrogen-bond acceptors (Lipinski definition) is 11. The summed E-state index contributed by atoms with van der Waals surface area (Å²) in [5.41, 5.74) is 1.49. The summed E-state index contributed by atoms with van der Waals surface area (Å²) in [6.45, 7) is 10.7. The molecule has 0 unspecified atom stereocenters. The predicted molar refractivity (Wildman–Crippen MR) is 182 cm³/mol. The monoisotopic (exact) mass is 664 g/mol. The molecule has 1 saturated heterocycles. The first-order chi connectivity index (χ1) is 22.4. The molecule has 250 valence electrons. The van der Waals surface area contributed by atoms with Gasteiger partial charge in [-0.3, -0.25) is 9.62 Å². The molecule has 0 aliphatic carbocycles. The van der Waals surface area contributed by atoms with Gasteiger partial charge in [0.1, 0.15) is 12.1 Å². The van der Waals surface area contributed by atoms with E-state index in [4.69, 9.17) is 14.2 Å². The zero-order chi connectivity index (χ0) is 33.6. The SMILES string of the molecule is COc1c(NC(=O)Nc2ccc(Oc3ncnc(NCCN4CCOCC4)n3)c3ccccc23)cc(C(C)(C)C)cc1NS(C)(=O)=O. The van der Waals surface area contributed by atoms with Crippen LogP contribution in [0.15, 0.2) is 54.9 Å². The number of methoxy groups -OCH3 is 1. The molecule has 47 heavy (non-hydrogen) atoms. The number of urea groups is 1. The first kappa shape index (κ1) is 33.6. The second kappa shape index (κ2) is 14.4. The van der Waals surface area contributed by atoms with Gasteiger partial charge in [0, 0.05) is 37.0 Å². The summed E-state index contributed by atoms with van der Waals surface area (Å²) >= 11 is 0. The van der Waals surface area contributed by atoms with Gasteiger partial charge in [0.15, 0.2) is 5.75 Å². The van der Waals surface area contributed by atoms with Gasteiger partial charge in [0.05, 0.1) is 43.6 Å². The van der Waals surface area contributed by atoms with E-state index in [2.05, 4.69) is 40.5 Å². The summed E-state index contributed by atoms with van der Waals surface area (Å²) in [6, 6.07) is 13.9. The van der Waals surface area contributed by atoms with Crippen LogP contribution in [-0.4, -0.2) is 87.1 Å². The number of hydrogen-bond donors (Lipinski definition) is 4. The molecule has 5 rings (SSSR count). The molecule has 0 atom stereocenters. The molecule has 3 aromatic carbocycles. The molecule has 0 bridgehead atoms. The summed E-state index contributed by atoms with van der Waals surface area (Å²) < 4.78 is 43.7. The average Bonchev–Trinajstić information content (AvgIpc) is 3.02. The van der Waals surface area contributed by atoms with Crippen LogP contribution < -0.4 is 30.1 Å². The van der Waals surface area contributed by atoms with Gasteiger partial charge in [0.2, 0.25) is 16.0 Å². The van der Waals surface area contributed by atoms with E-state index in [0.29, 0.717) is 35.0 Å². The standard InChI is InChI=1S/C32H40N8O6S/c1-32(2,3)21-18-25(28(44-4)26(19-21)39-47(5,42)43)37-30(41)36-24-10-11-27(23-9-7-6-8-22(23)24)46-31-35-20-34-29(38-31)33-12-13-40-14-16-45-17-15-40/h6-11,18-20,39H,12-17H2,1-5H3,(H2,36,37,41)(H,33,34,35,38). The Morgan fingerprint density at radius 2 is 1.68 bits per heavy atom. The number of nitrogens with one attached hydrogen (secondary N) is 4. The molecule has 1 aliphatic rings. The Kier molecular flexibility index (Phi) is 10.3. The normalized spacial score (nSPS) is 14.0. The van der Waals surface area contributed by atoms with Crippen LogP contribution in [0, 0.1) is 0 Å². The lowest BCUT2D eigenvalue weighted by atomic mass is 9.86. The van der Waals surface area contributed by atoms with Gasteiger partial charge in [-0.05, 0) is 35.2 Å². The first-order valence-corrected chi connectivity index (χ1v) is 17.0. The van der Waals surface area contributed by atoms with Crippen molar-refractivity contribution in [2.24, 2.45) is 0 Å². The van der Waals surface area contributed by atoms with Crippen LogP contribution in [0.25, 0.3) is 10.8 Å². The van der Waals surface area contributed by atoms with Crippen molar-refractivity contribution < 1.29 is 27.4 Å². The lowest BCUT2D eigenvalue weighted by Gasteiger charge is -2.26. The van der Waals surface area contributed by atoms with E-state index in [0.717, 1.165) is 50.1 Å². The van der Waals surface area contributed by atoms with Gasteiger partial charge in [0.25, 0.3) is 0 Å². The molecule has 2 heterocycles. The minimum atomic E-state index is -3.62. The minimum absolute atomic E-state index is 0.127. The molecule has 1 aliphatic heterocycles. The molecular formula is C32H40N8O6S. The number of rotatable bonds is 11. The molecule has 4 N–H and O–H groups in total. The molecule has 4 aromatic rings. The number of amides is 2. The highest BCUT2D eigenvalue weighted by Gasteiger charge is 2.22. The Morgan fingerprint density at radius 3 is 2.38 bits per heavy atom. The fourth-order valence-electron chi connectivity index (χ4n) is 5.06. The van der Waals surface area contributed by atoms with Crippen LogP contribution in [0.2, 0.25) is 0 Å².